The maximum atomic E-state index is 10.2. The molecule has 2 aromatic heterocycles. The average Bonchev–Trinajstić information content (AvgIpc) is 3.05. The van der Waals surface area contributed by atoms with Crippen molar-refractivity contribution in [2.75, 3.05) is 5.75 Å². The molecular weight excluding hydrogens is 300 g/mol. The molecule has 3 rings (SSSR count). The van der Waals surface area contributed by atoms with E-state index >= 15 is 0 Å². The summed E-state index contributed by atoms with van der Waals surface area (Å²) in [4.78, 5) is 4.41. The number of aryl methyl sites for hydroxylation is 3. The van der Waals surface area contributed by atoms with Gasteiger partial charge in [-0.2, -0.15) is 0 Å². The molecule has 0 fully saturated rings. The second kappa shape index (κ2) is 6.05. The van der Waals surface area contributed by atoms with Gasteiger partial charge in [-0.3, -0.25) is 0 Å². The standard InChI is InChI=1S/C14H18N6OS/c1-9-4-12-13(5-10(9)2)20(8-15-12)6-11(21)7-22-14-16-17-18-19(14)3/h4-5,8,11,21H,6-7H2,1-3H3/t11-/m0/s1. The Morgan fingerprint density at radius 2 is 2.05 bits per heavy atom. The number of hydrogen-bond donors (Lipinski definition) is 1. The Balaban J connectivity index is 1.70. The van der Waals surface area contributed by atoms with Gasteiger partial charge >= 0.3 is 0 Å². The molecule has 22 heavy (non-hydrogen) atoms. The van der Waals surface area contributed by atoms with Gasteiger partial charge in [-0.15, -0.1) is 5.10 Å². The van der Waals surface area contributed by atoms with E-state index in [2.05, 4.69) is 46.5 Å². The Labute approximate surface area is 132 Å². The van der Waals surface area contributed by atoms with Crippen LogP contribution in [0.15, 0.2) is 23.6 Å². The minimum absolute atomic E-state index is 0.497. The second-order valence-electron chi connectivity index (χ2n) is 5.37. The highest BCUT2D eigenvalue weighted by atomic mass is 32.2. The fourth-order valence-corrected chi connectivity index (χ4v) is 3.02. The molecule has 0 aliphatic rings. The number of nitrogens with zero attached hydrogens (tertiary/aromatic N) is 6. The number of aliphatic hydroxyl groups is 1. The Hall–Kier alpha value is -1.93. The monoisotopic (exact) mass is 318 g/mol. The molecule has 1 N–H and O–H groups in total. The molecule has 0 unspecified atom stereocenters. The van der Waals surface area contributed by atoms with E-state index in [1.54, 1.807) is 18.1 Å². The van der Waals surface area contributed by atoms with Crippen LogP contribution in [0.1, 0.15) is 11.1 Å². The first-order valence-electron chi connectivity index (χ1n) is 7.00. The molecule has 0 bridgehead atoms. The lowest BCUT2D eigenvalue weighted by Crippen LogP contribution is -2.18. The van der Waals surface area contributed by atoms with Crippen LogP contribution in [0.5, 0.6) is 0 Å². The zero-order valence-corrected chi connectivity index (χ0v) is 13.6. The van der Waals surface area contributed by atoms with E-state index in [-0.39, 0.29) is 0 Å². The van der Waals surface area contributed by atoms with Crippen molar-refractivity contribution in [1.29, 1.82) is 0 Å². The van der Waals surface area contributed by atoms with Gasteiger partial charge in [0.15, 0.2) is 0 Å². The highest BCUT2D eigenvalue weighted by Crippen LogP contribution is 2.20. The van der Waals surface area contributed by atoms with Crippen LogP contribution in [0.2, 0.25) is 0 Å². The number of aliphatic hydroxyl groups excluding tert-OH is 1. The number of hydrogen-bond acceptors (Lipinski definition) is 6. The summed E-state index contributed by atoms with van der Waals surface area (Å²) in [6.07, 6.45) is 1.28. The lowest BCUT2D eigenvalue weighted by atomic mass is 10.1. The number of tetrazole rings is 1. The number of rotatable bonds is 5. The van der Waals surface area contributed by atoms with Crippen LogP contribution in [-0.2, 0) is 13.6 Å². The first kappa shape index (κ1) is 15.0. The molecule has 8 heteroatoms. The second-order valence-corrected chi connectivity index (χ2v) is 6.36. The summed E-state index contributed by atoms with van der Waals surface area (Å²) >= 11 is 1.44. The van der Waals surface area contributed by atoms with E-state index in [0.717, 1.165) is 11.0 Å². The first-order valence-corrected chi connectivity index (χ1v) is 7.98. The van der Waals surface area contributed by atoms with Crippen molar-refractivity contribution in [3.8, 4) is 0 Å². The molecule has 0 radical (unpaired) electrons. The lowest BCUT2D eigenvalue weighted by molar-refractivity contribution is 0.179. The summed E-state index contributed by atoms with van der Waals surface area (Å²) in [6, 6.07) is 4.19. The molecular formula is C14H18N6OS. The van der Waals surface area contributed by atoms with Crippen LogP contribution in [0.25, 0.3) is 11.0 Å². The van der Waals surface area contributed by atoms with Crippen molar-refractivity contribution >= 4 is 22.8 Å². The van der Waals surface area contributed by atoms with Crippen LogP contribution in [0.3, 0.4) is 0 Å². The quantitative estimate of drug-likeness (QED) is 0.715. The average molecular weight is 318 g/mol. The number of imidazole rings is 1. The maximum absolute atomic E-state index is 10.2. The molecule has 0 aliphatic carbocycles. The van der Waals surface area contributed by atoms with Gasteiger partial charge in [0.2, 0.25) is 5.16 Å². The fourth-order valence-electron chi connectivity index (χ4n) is 2.25. The molecule has 3 aromatic rings. The molecule has 1 aromatic carbocycles. The van der Waals surface area contributed by atoms with Gasteiger partial charge in [0.1, 0.15) is 0 Å². The molecule has 0 amide bonds. The SMILES string of the molecule is Cc1cc2ncn(C[C@H](O)CSc3nnnn3C)c2cc1C. The summed E-state index contributed by atoms with van der Waals surface area (Å²) in [5.41, 5.74) is 4.46. The Morgan fingerprint density at radius 1 is 1.27 bits per heavy atom. The zero-order valence-electron chi connectivity index (χ0n) is 12.8. The molecule has 116 valence electrons. The normalized spacial score (nSPS) is 12.9. The maximum Gasteiger partial charge on any atom is 0.209 e. The summed E-state index contributed by atoms with van der Waals surface area (Å²) in [5, 5.41) is 22.2. The van der Waals surface area contributed by atoms with E-state index in [9.17, 15) is 5.11 Å². The van der Waals surface area contributed by atoms with Crippen molar-refractivity contribution < 1.29 is 5.11 Å². The summed E-state index contributed by atoms with van der Waals surface area (Å²) in [5.74, 6) is 0.527. The minimum atomic E-state index is -0.499. The highest BCUT2D eigenvalue weighted by Gasteiger charge is 2.12. The van der Waals surface area contributed by atoms with Crippen molar-refractivity contribution in [2.45, 2.75) is 31.7 Å². The number of aromatic nitrogens is 6. The van der Waals surface area contributed by atoms with Gasteiger partial charge < -0.3 is 9.67 Å². The number of thioether (sulfide) groups is 1. The third kappa shape index (κ3) is 2.97. The smallest absolute Gasteiger partial charge is 0.209 e. The Bertz CT molecular complexity index is 796. The van der Waals surface area contributed by atoms with Crippen LogP contribution in [0.4, 0.5) is 0 Å². The molecule has 0 spiro atoms. The highest BCUT2D eigenvalue weighted by molar-refractivity contribution is 7.99. The van der Waals surface area contributed by atoms with E-state index < -0.39 is 6.10 Å². The van der Waals surface area contributed by atoms with Crippen LogP contribution < -0.4 is 0 Å². The minimum Gasteiger partial charge on any atom is -0.390 e. The van der Waals surface area contributed by atoms with Crippen molar-refractivity contribution in [3.05, 3.63) is 29.6 Å². The summed E-state index contributed by atoms with van der Waals surface area (Å²) in [6.45, 7) is 4.66. The Morgan fingerprint density at radius 3 is 2.77 bits per heavy atom. The van der Waals surface area contributed by atoms with Gasteiger partial charge in [0.05, 0.1) is 30.0 Å². The molecule has 0 saturated carbocycles. The van der Waals surface area contributed by atoms with Gasteiger partial charge in [-0.25, -0.2) is 9.67 Å². The van der Waals surface area contributed by atoms with Crippen molar-refractivity contribution in [1.82, 2.24) is 29.8 Å². The fraction of sp³-hybridized carbons (Fsp3) is 0.429. The molecule has 7 nitrogen and oxygen atoms in total. The number of benzene rings is 1. The topological polar surface area (TPSA) is 81.7 Å². The Kier molecular flexibility index (Phi) is 4.12. The van der Waals surface area contributed by atoms with Gasteiger partial charge in [0, 0.05) is 12.8 Å². The number of fused-ring (bicyclic) bond motifs is 1. The summed E-state index contributed by atoms with van der Waals surface area (Å²) in [7, 11) is 1.78. The summed E-state index contributed by atoms with van der Waals surface area (Å²) < 4.78 is 3.58. The zero-order chi connectivity index (χ0) is 15.7. The third-order valence-corrected chi connectivity index (χ3v) is 4.79. The van der Waals surface area contributed by atoms with Gasteiger partial charge in [0.25, 0.3) is 0 Å². The van der Waals surface area contributed by atoms with Crippen molar-refractivity contribution in [3.63, 3.8) is 0 Å². The van der Waals surface area contributed by atoms with Crippen LogP contribution in [-0.4, -0.2) is 46.7 Å². The predicted molar refractivity (Wildman–Crippen MR) is 84.7 cm³/mol. The molecule has 0 saturated heterocycles. The van der Waals surface area contributed by atoms with E-state index in [4.69, 9.17) is 0 Å². The molecule has 2 heterocycles. The van der Waals surface area contributed by atoms with E-state index in [1.165, 1.54) is 22.9 Å². The lowest BCUT2D eigenvalue weighted by Gasteiger charge is -2.11. The van der Waals surface area contributed by atoms with Crippen LogP contribution in [0, 0.1) is 13.8 Å². The molecule has 0 aliphatic heterocycles. The van der Waals surface area contributed by atoms with Gasteiger partial charge in [-0.05, 0) is 47.5 Å². The molecule has 1 atom stereocenters. The third-order valence-electron chi connectivity index (χ3n) is 3.63. The van der Waals surface area contributed by atoms with E-state index in [0.29, 0.717) is 17.5 Å². The predicted octanol–water partition coefficient (Wildman–Crippen LogP) is 1.33. The van der Waals surface area contributed by atoms with Gasteiger partial charge in [-0.1, -0.05) is 11.8 Å². The van der Waals surface area contributed by atoms with Crippen molar-refractivity contribution in [2.24, 2.45) is 7.05 Å². The first-order chi connectivity index (χ1) is 10.5. The largest absolute Gasteiger partial charge is 0.390 e. The van der Waals surface area contributed by atoms with E-state index in [1.807, 2.05) is 4.57 Å². The van der Waals surface area contributed by atoms with Crippen LogP contribution >= 0.6 is 11.8 Å².